The van der Waals surface area contributed by atoms with Crippen LogP contribution in [0.15, 0.2) is 31.5 Å². The van der Waals surface area contributed by atoms with E-state index in [0.29, 0.717) is 54.0 Å². The maximum atomic E-state index is 12.6. The number of nitrogens with two attached hydrogens (primary N) is 1. The second-order valence-electron chi connectivity index (χ2n) is 6.30. The van der Waals surface area contributed by atoms with Gasteiger partial charge >= 0.3 is 5.63 Å². The molecule has 1 amide bonds. The summed E-state index contributed by atoms with van der Waals surface area (Å²) in [5, 5.41) is 15.4. The van der Waals surface area contributed by atoms with Crippen LogP contribution in [0.4, 0.5) is 0 Å². The first-order valence-electron chi connectivity index (χ1n) is 9.16. The molecule has 0 aliphatic carbocycles. The molecule has 0 spiro atoms. The summed E-state index contributed by atoms with van der Waals surface area (Å²) in [7, 11) is 0. The Morgan fingerprint density at radius 1 is 1.57 bits per heavy atom. The van der Waals surface area contributed by atoms with Gasteiger partial charge in [0.1, 0.15) is 28.3 Å². The zero-order chi connectivity index (χ0) is 20.5. The van der Waals surface area contributed by atoms with E-state index in [1.807, 2.05) is 6.92 Å². The van der Waals surface area contributed by atoms with E-state index < -0.39 is 17.7 Å². The summed E-state index contributed by atoms with van der Waals surface area (Å²) >= 11 is 1.36. The van der Waals surface area contributed by atoms with Crippen molar-refractivity contribution in [2.45, 2.75) is 45.2 Å². The van der Waals surface area contributed by atoms with Gasteiger partial charge in [0.05, 0.1) is 18.7 Å². The molecule has 4 N–H and O–H groups in total. The molecule has 0 bridgehead atoms. The van der Waals surface area contributed by atoms with Crippen LogP contribution in [0.3, 0.4) is 0 Å². The van der Waals surface area contributed by atoms with Crippen LogP contribution in [0.25, 0.3) is 0 Å². The van der Waals surface area contributed by atoms with Crippen LogP contribution in [0.1, 0.15) is 44.9 Å². The number of thioether (sulfide) groups is 1. The number of rotatable bonds is 10. The topological polar surface area (TPSA) is 140 Å². The van der Waals surface area contributed by atoms with Gasteiger partial charge in [-0.1, -0.05) is 18.5 Å². The second kappa shape index (κ2) is 10.9. The molecule has 10 heteroatoms. The molecule has 2 rings (SSSR count). The van der Waals surface area contributed by atoms with Gasteiger partial charge in [-0.15, -0.1) is 11.8 Å². The molecule has 2 heterocycles. The van der Waals surface area contributed by atoms with E-state index in [2.05, 4.69) is 15.5 Å². The Balaban J connectivity index is 2.14. The van der Waals surface area contributed by atoms with E-state index in [1.165, 1.54) is 17.8 Å². The van der Waals surface area contributed by atoms with Gasteiger partial charge in [0.15, 0.2) is 0 Å². The first kappa shape index (κ1) is 22.0. The average molecular weight is 410 g/mol. The smallest absolute Gasteiger partial charge is 0.339 e. The van der Waals surface area contributed by atoms with E-state index in [1.54, 1.807) is 13.0 Å². The van der Waals surface area contributed by atoms with E-state index in [4.69, 9.17) is 20.1 Å². The van der Waals surface area contributed by atoms with Crippen molar-refractivity contribution in [3.63, 3.8) is 0 Å². The molecule has 0 aromatic carbocycles. The number of nitrogens with zero attached hydrogens (tertiary/aromatic N) is 2. The molecule has 1 aliphatic rings. The molecule has 2 unspecified atom stereocenters. The minimum Gasteiger partial charge on any atom is -0.493 e. The van der Waals surface area contributed by atoms with Crippen molar-refractivity contribution in [3.05, 3.63) is 28.3 Å². The minimum atomic E-state index is -0.591. The molecular formula is C18H26N4O5S. The van der Waals surface area contributed by atoms with Gasteiger partial charge in [0.25, 0.3) is 0 Å². The fourth-order valence-electron chi connectivity index (χ4n) is 2.59. The zero-order valence-corrected chi connectivity index (χ0v) is 16.8. The molecule has 9 nitrogen and oxygen atoms in total. The Bertz CT molecular complexity index is 792. The number of nitrogens with one attached hydrogen (secondary N) is 1. The predicted molar refractivity (Wildman–Crippen MR) is 109 cm³/mol. The lowest BCUT2D eigenvalue weighted by Gasteiger charge is -2.19. The normalized spacial score (nSPS) is 17.9. The van der Waals surface area contributed by atoms with Crippen LogP contribution >= 0.6 is 11.8 Å². The van der Waals surface area contributed by atoms with Crippen molar-refractivity contribution in [1.82, 2.24) is 5.32 Å². The minimum absolute atomic E-state index is 0.274. The summed E-state index contributed by atoms with van der Waals surface area (Å²) < 4.78 is 10.9. The number of hydrogen-bond donors (Lipinski definition) is 3. The lowest BCUT2D eigenvalue weighted by Crippen LogP contribution is -2.37. The highest BCUT2D eigenvalue weighted by Crippen LogP contribution is 2.24. The van der Waals surface area contributed by atoms with Gasteiger partial charge in [0.2, 0.25) is 5.91 Å². The van der Waals surface area contributed by atoms with Gasteiger partial charge in [-0.2, -0.15) is 0 Å². The number of amides is 1. The van der Waals surface area contributed by atoms with Crippen molar-refractivity contribution < 1.29 is 19.2 Å². The fourth-order valence-corrected chi connectivity index (χ4v) is 3.59. The maximum absolute atomic E-state index is 12.6. The highest BCUT2D eigenvalue weighted by atomic mass is 32.2. The Morgan fingerprint density at radius 3 is 3.04 bits per heavy atom. The molecule has 1 aliphatic heterocycles. The molecule has 1 aromatic rings. The monoisotopic (exact) mass is 410 g/mol. The SMILES string of the molecule is CCCC(NC(=O)C1CSC(/C(C)=N/O)=N1)c1cc(OCCCN)cc(=O)o1. The third-order valence-corrected chi connectivity index (χ3v) is 5.19. The molecular weight excluding hydrogens is 384 g/mol. The van der Waals surface area contributed by atoms with Gasteiger partial charge in [-0.05, 0) is 26.3 Å². The van der Waals surface area contributed by atoms with E-state index in [9.17, 15) is 9.59 Å². The summed E-state index contributed by atoms with van der Waals surface area (Å²) in [6.45, 7) is 4.48. The molecule has 0 saturated heterocycles. The zero-order valence-electron chi connectivity index (χ0n) is 16.0. The van der Waals surface area contributed by atoms with Crippen LogP contribution in [-0.2, 0) is 4.79 Å². The van der Waals surface area contributed by atoms with Crippen LogP contribution in [0.2, 0.25) is 0 Å². The Labute approximate surface area is 167 Å². The summed E-state index contributed by atoms with van der Waals surface area (Å²) in [6.07, 6.45) is 2.03. The standard InChI is InChI=1S/C18H26N4O5S/c1-3-5-13(15-8-12(9-16(23)27-15)26-7-4-6-19)20-17(24)14-10-28-18(21-14)11(2)22-25/h8-9,13-14,25H,3-7,10,19H2,1-2H3,(H,20,24)/b22-11+. The molecule has 0 radical (unpaired) electrons. The van der Waals surface area contributed by atoms with Crippen LogP contribution < -0.4 is 21.4 Å². The van der Waals surface area contributed by atoms with Crippen LogP contribution in [-0.4, -0.2) is 46.8 Å². The lowest BCUT2D eigenvalue weighted by molar-refractivity contribution is -0.122. The van der Waals surface area contributed by atoms with Gasteiger partial charge in [-0.3, -0.25) is 9.79 Å². The van der Waals surface area contributed by atoms with Crippen molar-refractivity contribution in [2.75, 3.05) is 18.9 Å². The predicted octanol–water partition coefficient (Wildman–Crippen LogP) is 1.69. The fraction of sp³-hybridized carbons (Fsp3) is 0.556. The summed E-state index contributed by atoms with van der Waals surface area (Å²) in [5.41, 5.74) is 5.28. The van der Waals surface area contributed by atoms with E-state index in [0.717, 1.165) is 6.42 Å². The number of hydrogen-bond acceptors (Lipinski definition) is 9. The largest absolute Gasteiger partial charge is 0.493 e. The number of carbonyl (C=O) groups excluding carboxylic acids is 1. The second-order valence-corrected chi connectivity index (χ2v) is 7.31. The Morgan fingerprint density at radius 2 is 2.36 bits per heavy atom. The molecule has 0 saturated carbocycles. The van der Waals surface area contributed by atoms with E-state index in [-0.39, 0.29) is 5.91 Å². The first-order chi connectivity index (χ1) is 13.5. The van der Waals surface area contributed by atoms with E-state index >= 15 is 0 Å². The third-order valence-electron chi connectivity index (χ3n) is 4.03. The quantitative estimate of drug-likeness (QED) is 0.231. The average Bonchev–Trinajstić information content (AvgIpc) is 3.17. The summed E-state index contributed by atoms with van der Waals surface area (Å²) in [5.74, 6) is 0.915. The molecule has 2 atom stereocenters. The van der Waals surface area contributed by atoms with Crippen molar-refractivity contribution in [1.29, 1.82) is 0 Å². The van der Waals surface area contributed by atoms with Crippen molar-refractivity contribution in [2.24, 2.45) is 15.9 Å². The highest BCUT2D eigenvalue weighted by Gasteiger charge is 2.29. The van der Waals surface area contributed by atoms with Gasteiger partial charge < -0.3 is 25.4 Å². The number of carbonyl (C=O) groups is 1. The van der Waals surface area contributed by atoms with Crippen molar-refractivity contribution >= 4 is 28.4 Å². The van der Waals surface area contributed by atoms with Crippen LogP contribution in [0, 0.1) is 0 Å². The van der Waals surface area contributed by atoms with Gasteiger partial charge in [-0.25, -0.2) is 4.79 Å². The molecule has 154 valence electrons. The van der Waals surface area contributed by atoms with Crippen molar-refractivity contribution in [3.8, 4) is 5.75 Å². The number of aliphatic imine (C=N–C) groups is 1. The van der Waals surface area contributed by atoms with Crippen LogP contribution in [0.5, 0.6) is 5.75 Å². The lowest BCUT2D eigenvalue weighted by atomic mass is 10.1. The highest BCUT2D eigenvalue weighted by molar-refractivity contribution is 8.16. The summed E-state index contributed by atoms with van der Waals surface area (Å²) in [4.78, 5) is 28.8. The number of oxime groups is 1. The maximum Gasteiger partial charge on any atom is 0.339 e. The number of ether oxygens (including phenoxy) is 1. The first-order valence-corrected chi connectivity index (χ1v) is 10.1. The summed E-state index contributed by atoms with van der Waals surface area (Å²) in [6, 6.07) is 1.83. The molecule has 1 aromatic heterocycles. The Hall–Kier alpha value is -2.33. The molecule has 28 heavy (non-hydrogen) atoms. The molecule has 0 fully saturated rings. The Kier molecular flexibility index (Phi) is 8.52. The third kappa shape index (κ3) is 6.10. The van der Waals surface area contributed by atoms with Gasteiger partial charge in [0, 0.05) is 11.8 Å².